The number of carbonyl (C=O) groups excluding carboxylic acids is 1. The maximum Gasteiger partial charge on any atom is 0.411 e. The fourth-order valence-corrected chi connectivity index (χ4v) is 1.32. The maximum absolute atomic E-state index is 11.7. The molecule has 1 rings (SSSR count). The van der Waals surface area contributed by atoms with Gasteiger partial charge in [-0.15, -0.1) is 0 Å². The van der Waals surface area contributed by atoms with E-state index in [-0.39, 0.29) is 18.9 Å². The zero-order valence-electron chi connectivity index (χ0n) is 10.6. The molecule has 4 heteroatoms. The Morgan fingerprint density at radius 2 is 2.00 bits per heavy atom. The number of nitrogens with zero attached hydrogens (tertiary/aromatic N) is 1. The number of amides is 1. The van der Waals surface area contributed by atoms with Crippen LogP contribution in [-0.2, 0) is 16.1 Å². The number of hydrogen-bond donors (Lipinski definition) is 0. The van der Waals surface area contributed by atoms with E-state index in [4.69, 9.17) is 9.47 Å². The first-order valence-electron chi connectivity index (χ1n) is 5.70. The first-order valence-corrected chi connectivity index (χ1v) is 5.70. The molecule has 4 nitrogen and oxygen atoms in total. The van der Waals surface area contributed by atoms with E-state index in [0.29, 0.717) is 6.61 Å². The first-order chi connectivity index (χ1) is 8.15. The molecule has 0 aromatic heterocycles. The van der Waals surface area contributed by atoms with Gasteiger partial charge in [0.25, 0.3) is 0 Å². The topological polar surface area (TPSA) is 38.8 Å². The van der Waals surface area contributed by atoms with E-state index in [1.54, 1.807) is 7.05 Å². The number of hydrogen-bond acceptors (Lipinski definition) is 3. The molecule has 17 heavy (non-hydrogen) atoms. The zero-order chi connectivity index (χ0) is 12.7. The van der Waals surface area contributed by atoms with Crippen LogP contribution in [-0.4, -0.2) is 30.9 Å². The predicted molar refractivity (Wildman–Crippen MR) is 65.5 cm³/mol. The molecular formula is C13H19NO3. The summed E-state index contributed by atoms with van der Waals surface area (Å²) >= 11 is 0. The van der Waals surface area contributed by atoms with Gasteiger partial charge in [-0.25, -0.2) is 4.79 Å². The summed E-state index contributed by atoms with van der Waals surface area (Å²) in [7, 11) is 1.66. The summed E-state index contributed by atoms with van der Waals surface area (Å²) in [5, 5.41) is 0. The molecule has 0 aliphatic rings. The lowest BCUT2D eigenvalue weighted by Gasteiger charge is -2.23. The molecule has 0 fully saturated rings. The Hall–Kier alpha value is -1.55. The van der Waals surface area contributed by atoms with E-state index in [2.05, 4.69) is 0 Å². The van der Waals surface area contributed by atoms with Crippen LogP contribution in [0.15, 0.2) is 30.3 Å². The second kappa shape index (κ2) is 6.91. The average molecular weight is 237 g/mol. The number of benzene rings is 1. The Kier molecular flexibility index (Phi) is 5.49. The standard InChI is InChI=1S/C13H19NO3/c1-4-16-11(2)14(3)13(15)17-10-12-8-6-5-7-9-12/h5-9,11H,4,10H2,1-3H3. The smallest absolute Gasteiger partial charge is 0.411 e. The Balaban J connectivity index is 2.39. The van der Waals surface area contributed by atoms with Crippen molar-refractivity contribution in [3.8, 4) is 0 Å². The van der Waals surface area contributed by atoms with Crippen molar-refractivity contribution in [1.82, 2.24) is 4.90 Å². The lowest BCUT2D eigenvalue weighted by Crippen LogP contribution is -2.37. The van der Waals surface area contributed by atoms with Crippen LogP contribution >= 0.6 is 0 Å². The summed E-state index contributed by atoms with van der Waals surface area (Å²) in [5.74, 6) is 0. The molecule has 0 bridgehead atoms. The van der Waals surface area contributed by atoms with Crippen LogP contribution < -0.4 is 0 Å². The van der Waals surface area contributed by atoms with Crippen LogP contribution in [0.1, 0.15) is 19.4 Å². The van der Waals surface area contributed by atoms with E-state index in [1.807, 2.05) is 44.2 Å². The third-order valence-corrected chi connectivity index (χ3v) is 2.45. The van der Waals surface area contributed by atoms with Crippen molar-refractivity contribution in [1.29, 1.82) is 0 Å². The zero-order valence-corrected chi connectivity index (χ0v) is 10.6. The molecule has 0 aliphatic carbocycles. The maximum atomic E-state index is 11.7. The van der Waals surface area contributed by atoms with Gasteiger partial charge >= 0.3 is 6.09 Å². The van der Waals surface area contributed by atoms with Crippen LogP contribution in [0, 0.1) is 0 Å². The van der Waals surface area contributed by atoms with Crippen molar-refractivity contribution in [3.63, 3.8) is 0 Å². The van der Waals surface area contributed by atoms with Gasteiger partial charge in [-0.2, -0.15) is 0 Å². The molecule has 0 heterocycles. The molecule has 0 spiro atoms. The SMILES string of the molecule is CCOC(C)N(C)C(=O)OCc1ccccc1. The highest BCUT2D eigenvalue weighted by molar-refractivity contribution is 5.67. The van der Waals surface area contributed by atoms with Crippen LogP contribution in [0.25, 0.3) is 0 Å². The van der Waals surface area contributed by atoms with Gasteiger partial charge in [-0.05, 0) is 19.4 Å². The third kappa shape index (κ3) is 4.44. The summed E-state index contributed by atoms with van der Waals surface area (Å²) in [6.07, 6.45) is -0.655. The van der Waals surface area contributed by atoms with Crippen molar-refractivity contribution in [2.75, 3.05) is 13.7 Å². The quantitative estimate of drug-likeness (QED) is 0.739. The number of ether oxygens (including phenoxy) is 2. The van der Waals surface area contributed by atoms with Gasteiger partial charge in [-0.1, -0.05) is 30.3 Å². The Morgan fingerprint density at radius 3 is 2.59 bits per heavy atom. The molecule has 0 saturated carbocycles. The minimum Gasteiger partial charge on any atom is -0.444 e. The van der Waals surface area contributed by atoms with Gasteiger partial charge in [0.15, 0.2) is 0 Å². The normalized spacial score (nSPS) is 11.9. The second-order valence-corrected chi connectivity index (χ2v) is 3.71. The fraction of sp³-hybridized carbons (Fsp3) is 0.462. The monoisotopic (exact) mass is 237 g/mol. The van der Waals surface area contributed by atoms with Gasteiger partial charge in [0.1, 0.15) is 12.8 Å². The fourth-order valence-electron chi connectivity index (χ4n) is 1.32. The number of rotatable bonds is 5. The summed E-state index contributed by atoms with van der Waals surface area (Å²) in [6, 6.07) is 9.58. The molecule has 1 aromatic carbocycles. The average Bonchev–Trinajstić information content (AvgIpc) is 2.36. The van der Waals surface area contributed by atoms with Crippen LogP contribution in [0.4, 0.5) is 4.79 Å². The van der Waals surface area contributed by atoms with Crippen molar-refractivity contribution < 1.29 is 14.3 Å². The van der Waals surface area contributed by atoms with Gasteiger partial charge in [0.05, 0.1) is 0 Å². The molecule has 0 saturated heterocycles. The molecule has 0 radical (unpaired) electrons. The Morgan fingerprint density at radius 1 is 1.35 bits per heavy atom. The molecule has 94 valence electrons. The molecular weight excluding hydrogens is 218 g/mol. The Bertz CT molecular complexity index is 340. The van der Waals surface area contributed by atoms with Crippen molar-refractivity contribution in [3.05, 3.63) is 35.9 Å². The lowest BCUT2D eigenvalue weighted by atomic mass is 10.2. The summed E-state index contributed by atoms with van der Waals surface area (Å²) < 4.78 is 10.5. The van der Waals surface area contributed by atoms with Crippen molar-refractivity contribution in [2.45, 2.75) is 26.7 Å². The highest BCUT2D eigenvalue weighted by Crippen LogP contribution is 2.05. The van der Waals surface area contributed by atoms with E-state index in [9.17, 15) is 4.79 Å². The van der Waals surface area contributed by atoms with Crippen molar-refractivity contribution in [2.24, 2.45) is 0 Å². The van der Waals surface area contributed by atoms with Gasteiger partial charge in [0.2, 0.25) is 0 Å². The van der Waals surface area contributed by atoms with Gasteiger partial charge < -0.3 is 9.47 Å². The highest BCUT2D eigenvalue weighted by Gasteiger charge is 2.16. The van der Waals surface area contributed by atoms with E-state index in [0.717, 1.165) is 5.56 Å². The van der Waals surface area contributed by atoms with E-state index >= 15 is 0 Å². The summed E-state index contributed by atoms with van der Waals surface area (Å²) in [5.41, 5.74) is 0.971. The van der Waals surface area contributed by atoms with E-state index < -0.39 is 0 Å². The minimum absolute atomic E-state index is 0.275. The molecule has 0 N–H and O–H groups in total. The molecule has 1 aromatic rings. The highest BCUT2D eigenvalue weighted by atomic mass is 16.6. The Labute approximate surface area is 102 Å². The molecule has 1 atom stereocenters. The summed E-state index contributed by atoms with van der Waals surface area (Å²) in [6.45, 7) is 4.55. The van der Waals surface area contributed by atoms with Crippen LogP contribution in [0.3, 0.4) is 0 Å². The molecule has 1 unspecified atom stereocenters. The van der Waals surface area contributed by atoms with Crippen molar-refractivity contribution >= 4 is 6.09 Å². The number of carbonyl (C=O) groups is 1. The van der Waals surface area contributed by atoms with Gasteiger partial charge in [-0.3, -0.25) is 4.90 Å². The van der Waals surface area contributed by atoms with Crippen LogP contribution in [0.5, 0.6) is 0 Å². The minimum atomic E-state index is -0.380. The third-order valence-electron chi connectivity index (χ3n) is 2.45. The lowest BCUT2D eigenvalue weighted by molar-refractivity contribution is -0.0279. The molecule has 0 aliphatic heterocycles. The van der Waals surface area contributed by atoms with E-state index in [1.165, 1.54) is 4.90 Å². The largest absolute Gasteiger partial charge is 0.444 e. The second-order valence-electron chi connectivity index (χ2n) is 3.71. The molecule has 1 amide bonds. The summed E-state index contributed by atoms with van der Waals surface area (Å²) in [4.78, 5) is 13.1. The van der Waals surface area contributed by atoms with Crippen LogP contribution in [0.2, 0.25) is 0 Å². The van der Waals surface area contributed by atoms with Gasteiger partial charge in [0, 0.05) is 13.7 Å². The first kappa shape index (κ1) is 13.5. The predicted octanol–water partition coefficient (Wildman–Crippen LogP) is 2.64.